The molecule has 0 aromatic carbocycles. The normalized spacial score (nSPS) is 10.4. The lowest BCUT2D eigenvalue weighted by Gasteiger charge is -2.02. The number of carbonyl (C=O) groups excluding carboxylic acids is 1. The average Bonchev–Trinajstić information content (AvgIpc) is 2.58. The van der Waals surface area contributed by atoms with Gasteiger partial charge in [0, 0.05) is 11.8 Å². The van der Waals surface area contributed by atoms with E-state index in [0.29, 0.717) is 17.2 Å². The summed E-state index contributed by atoms with van der Waals surface area (Å²) in [6, 6.07) is 3.40. The maximum atomic E-state index is 11.2. The molecule has 2 heterocycles. The monoisotopic (exact) mass is 216 g/mol. The fourth-order valence-electron chi connectivity index (χ4n) is 1.49. The highest BCUT2D eigenvalue weighted by atomic mass is 16.1. The van der Waals surface area contributed by atoms with Gasteiger partial charge in [-0.2, -0.15) is 4.68 Å². The van der Waals surface area contributed by atoms with E-state index in [1.54, 1.807) is 23.0 Å². The van der Waals surface area contributed by atoms with Gasteiger partial charge in [0.05, 0.1) is 0 Å². The summed E-state index contributed by atoms with van der Waals surface area (Å²) in [6.45, 7) is 5.19. The number of hydrogen-bond donors (Lipinski definition) is 0. The maximum Gasteiger partial charge on any atom is 0.159 e. The van der Waals surface area contributed by atoms with Crippen LogP contribution in [-0.4, -0.2) is 25.5 Å². The molecular formula is C11H12N4O. The second-order valence-electron chi connectivity index (χ2n) is 3.58. The Balaban J connectivity index is 2.52. The van der Waals surface area contributed by atoms with Crippen LogP contribution in [0, 0.1) is 13.8 Å². The number of hydrogen-bond acceptors (Lipinski definition) is 4. The molecule has 0 bridgehead atoms. The minimum absolute atomic E-state index is 0.0122. The number of pyridine rings is 1. The Morgan fingerprint density at radius 1 is 1.38 bits per heavy atom. The quantitative estimate of drug-likeness (QED) is 0.713. The van der Waals surface area contributed by atoms with Crippen LogP contribution in [0.5, 0.6) is 0 Å². The van der Waals surface area contributed by atoms with Crippen molar-refractivity contribution in [1.82, 2.24) is 19.7 Å². The SMILES string of the molecule is CC(=O)c1ccnc(-n2nc(C)nc2C)c1. The van der Waals surface area contributed by atoms with Crippen LogP contribution in [0.2, 0.25) is 0 Å². The van der Waals surface area contributed by atoms with Crippen molar-refractivity contribution in [1.29, 1.82) is 0 Å². The molecule has 0 atom stereocenters. The first kappa shape index (κ1) is 10.5. The minimum Gasteiger partial charge on any atom is -0.295 e. The van der Waals surface area contributed by atoms with Gasteiger partial charge in [-0.1, -0.05) is 0 Å². The van der Waals surface area contributed by atoms with Crippen LogP contribution in [0.4, 0.5) is 0 Å². The summed E-state index contributed by atoms with van der Waals surface area (Å²) in [4.78, 5) is 19.6. The highest BCUT2D eigenvalue weighted by Gasteiger charge is 2.08. The van der Waals surface area contributed by atoms with Gasteiger partial charge < -0.3 is 0 Å². The van der Waals surface area contributed by atoms with Crippen LogP contribution in [-0.2, 0) is 0 Å². The average molecular weight is 216 g/mol. The van der Waals surface area contributed by atoms with E-state index in [1.807, 2.05) is 13.8 Å². The van der Waals surface area contributed by atoms with Crippen LogP contribution in [0.1, 0.15) is 28.9 Å². The molecule has 0 fully saturated rings. The summed E-state index contributed by atoms with van der Waals surface area (Å²) >= 11 is 0. The van der Waals surface area contributed by atoms with E-state index in [1.165, 1.54) is 6.92 Å². The molecule has 2 aromatic heterocycles. The molecule has 0 spiro atoms. The Morgan fingerprint density at radius 3 is 2.69 bits per heavy atom. The molecule has 0 saturated carbocycles. The molecule has 2 rings (SSSR count). The predicted molar refractivity (Wildman–Crippen MR) is 58.6 cm³/mol. The molecule has 0 aliphatic carbocycles. The predicted octanol–water partition coefficient (Wildman–Crippen LogP) is 1.48. The third-order valence-corrected chi connectivity index (χ3v) is 2.24. The van der Waals surface area contributed by atoms with E-state index >= 15 is 0 Å². The van der Waals surface area contributed by atoms with Crippen molar-refractivity contribution in [3.05, 3.63) is 35.5 Å². The summed E-state index contributed by atoms with van der Waals surface area (Å²) < 4.78 is 1.63. The number of Topliss-reactive ketones (excluding diaryl/α,β-unsaturated/α-hetero) is 1. The van der Waals surface area contributed by atoms with Crippen molar-refractivity contribution in [2.24, 2.45) is 0 Å². The standard InChI is InChI=1S/C11H12N4O/c1-7(16)10-4-5-12-11(6-10)15-9(3)13-8(2)14-15/h4-6H,1-3H3. The molecule has 5 heteroatoms. The lowest BCUT2D eigenvalue weighted by molar-refractivity contribution is 0.101. The number of carbonyl (C=O) groups is 1. The van der Waals surface area contributed by atoms with E-state index in [2.05, 4.69) is 15.1 Å². The van der Waals surface area contributed by atoms with Crippen molar-refractivity contribution < 1.29 is 4.79 Å². The molecule has 16 heavy (non-hydrogen) atoms. The lowest BCUT2D eigenvalue weighted by atomic mass is 10.2. The number of rotatable bonds is 2. The highest BCUT2D eigenvalue weighted by molar-refractivity contribution is 5.94. The molecule has 0 N–H and O–H groups in total. The number of ketones is 1. The largest absolute Gasteiger partial charge is 0.295 e. The summed E-state index contributed by atoms with van der Waals surface area (Å²) in [5, 5.41) is 4.21. The molecule has 0 saturated heterocycles. The van der Waals surface area contributed by atoms with Gasteiger partial charge in [0.2, 0.25) is 0 Å². The summed E-state index contributed by atoms with van der Waals surface area (Å²) in [5.41, 5.74) is 0.623. The first-order valence-electron chi connectivity index (χ1n) is 4.95. The topological polar surface area (TPSA) is 60.7 Å². The zero-order valence-electron chi connectivity index (χ0n) is 9.43. The molecular weight excluding hydrogens is 204 g/mol. The van der Waals surface area contributed by atoms with E-state index in [4.69, 9.17) is 0 Å². The van der Waals surface area contributed by atoms with Gasteiger partial charge in [0.25, 0.3) is 0 Å². The maximum absolute atomic E-state index is 11.2. The number of aromatic nitrogens is 4. The summed E-state index contributed by atoms with van der Waals surface area (Å²) in [6.07, 6.45) is 1.60. The Hall–Kier alpha value is -2.04. The lowest BCUT2D eigenvalue weighted by Crippen LogP contribution is -2.04. The van der Waals surface area contributed by atoms with Crippen LogP contribution < -0.4 is 0 Å². The molecule has 82 valence electrons. The van der Waals surface area contributed by atoms with E-state index in [-0.39, 0.29) is 5.78 Å². The second kappa shape index (κ2) is 3.84. The number of aryl methyl sites for hydroxylation is 2. The molecule has 0 aliphatic rings. The van der Waals surface area contributed by atoms with Gasteiger partial charge in [-0.05, 0) is 32.9 Å². The van der Waals surface area contributed by atoms with E-state index in [0.717, 1.165) is 5.82 Å². The van der Waals surface area contributed by atoms with Gasteiger partial charge in [-0.3, -0.25) is 4.79 Å². The van der Waals surface area contributed by atoms with Gasteiger partial charge in [0.1, 0.15) is 11.6 Å². The van der Waals surface area contributed by atoms with Gasteiger partial charge >= 0.3 is 0 Å². The fourth-order valence-corrected chi connectivity index (χ4v) is 1.49. The van der Waals surface area contributed by atoms with Gasteiger partial charge in [-0.15, -0.1) is 5.10 Å². The third-order valence-electron chi connectivity index (χ3n) is 2.24. The van der Waals surface area contributed by atoms with Crippen molar-refractivity contribution >= 4 is 5.78 Å². The Labute approximate surface area is 93.2 Å². The number of nitrogens with zero attached hydrogens (tertiary/aromatic N) is 4. The Kier molecular flexibility index (Phi) is 2.52. The van der Waals surface area contributed by atoms with Crippen molar-refractivity contribution in [3.8, 4) is 5.82 Å². The molecule has 0 aliphatic heterocycles. The summed E-state index contributed by atoms with van der Waals surface area (Å²) in [7, 11) is 0. The zero-order valence-corrected chi connectivity index (χ0v) is 9.43. The highest BCUT2D eigenvalue weighted by Crippen LogP contribution is 2.09. The van der Waals surface area contributed by atoms with Gasteiger partial charge in [0.15, 0.2) is 11.6 Å². The van der Waals surface area contributed by atoms with E-state index < -0.39 is 0 Å². The Bertz CT molecular complexity index is 545. The molecule has 5 nitrogen and oxygen atoms in total. The van der Waals surface area contributed by atoms with Crippen molar-refractivity contribution in [3.63, 3.8) is 0 Å². The van der Waals surface area contributed by atoms with E-state index in [9.17, 15) is 4.79 Å². The molecule has 0 amide bonds. The smallest absolute Gasteiger partial charge is 0.159 e. The first-order chi connectivity index (χ1) is 7.58. The van der Waals surface area contributed by atoms with Crippen LogP contribution >= 0.6 is 0 Å². The first-order valence-corrected chi connectivity index (χ1v) is 4.95. The second-order valence-corrected chi connectivity index (χ2v) is 3.58. The van der Waals surface area contributed by atoms with Crippen molar-refractivity contribution in [2.45, 2.75) is 20.8 Å². The van der Waals surface area contributed by atoms with Crippen molar-refractivity contribution in [2.75, 3.05) is 0 Å². The minimum atomic E-state index is 0.0122. The molecule has 0 radical (unpaired) electrons. The van der Waals surface area contributed by atoms with Crippen LogP contribution in [0.25, 0.3) is 5.82 Å². The summed E-state index contributed by atoms with van der Waals surface area (Å²) in [5.74, 6) is 2.07. The van der Waals surface area contributed by atoms with Gasteiger partial charge in [-0.25, -0.2) is 9.97 Å². The fraction of sp³-hybridized carbons (Fsp3) is 0.273. The van der Waals surface area contributed by atoms with Crippen LogP contribution in [0.3, 0.4) is 0 Å². The molecule has 0 unspecified atom stereocenters. The van der Waals surface area contributed by atoms with Crippen LogP contribution in [0.15, 0.2) is 18.3 Å². The third kappa shape index (κ3) is 1.84. The molecule has 2 aromatic rings. The Morgan fingerprint density at radius 2 is 2.12 bits per heavy atom. The zero-order chi connectivity index (χ0) is 11.7.